The SMILES string of the molecule is CNCCCS(=O)(=O)NCCC1CCC(C)CC1. The van der Waals surface area contributed by atoms with Crippen molar-refractivity contribution in [3.8, 4) is 0 Å². The molecular weight excluding hydrogens is 248 g/mol. The second-order valence-corrected chi connectivity index (χ2v) is 7.51. The lowest BCUT2D eigenvalue weighted by Gasteiger charge is -2.26. The molecule has 0 radical (unpaired) electrons. The van der Waals surface area contributed by atoms with E-state index in [1.165, 1.54) is 25.7 Å². The van der Waals surface area contributed by atoms with E-state index in [2.05, 4.69) is 17.0 Å². The first-order valence-corrected chi connectivity index (χ1v) is 8.80. The van der Waals surface area contributed by atoms with Gasteiger partial charge in [-0.1, -0.05) is 32.6 Å². The summed E-state index contributed by atoms with van der Waals surface area (Å²) < 4.78 is 26.0. The van der Waals surface area contributed by atoms with Crippen LogP contribution in [0.2, 0.25) is 0 Å². The molecule has 0 aromatic carbocycles. The van der Waals surface area contributed by atoms with E-state index in [0.717, 1.165) is 24.8 Å². The number of hydrogen-bond donors (Lipinski definition) is 2. The monoisotopic (exact) mass is 276 g/mol. The molecule has 1 fully saturated rings. The van der Waals surface area contributed by atoms with Gasteiger partial charge in [-0.2, -0.15) is 0 Å². The van der Waals surface area contributed by atoms with E-state index in [1.807, 2.05) is 7.05 Å². The number of rotatable bonds is 8. The zero-order valence-corrected chi connectivity index (χ0v) is 12.6. The standard InChI is InChI=1S/C13H28N2O2S/c1-12-4-6-13(7-5-12)8-10-15-18(16,17)11-3-9-14-2/h12-15H,3-11H2,1-2H3. The van der Waals surface area contributed by atoms with E-state index < -0.39 is 10.0 Å². The van der Waals surface area contributed by atoms with Gasteiger partial charge in [0.2, 0.25) is 10.0 Å². The summed E-state index contributed by atoms with van der Waals surface area (Å²) in [6.07, 6.45) is 6.81. The zero-order chi connectivity index (χ0) is 13.4. The molecule has 18 heavy (non-hydrogen) atoms. The van der Waals surface area contributed by atoms with Crippen LogP contribution >= 0.6 is 0 Å². The Morgan fingerprint density at radius 3 is 2.39 bits per heavy atom. The van der Waals surface area contributed by atoms with Crippen LogP contribution in [0, 0.1) is 11.8 Å². The smallest absolute Gasteiger partial charge is 0.211 e. The molecular formula is C13H28N2O2S. The molecule has 1 aliphatic rings. The lowest BCUT2D eigenvalue weighted by atomic mass is 9.81. The Hall–Kier alpha value is -0.130. The van der Waals surface area contributed by atoms with Gasteiger partial charge in [-0.25, -0.2) is 13.1 Å². The Labute approximate surface area is 112 Å². The highest BCUT2D eigenvalue weighted by Gasteiger charge is 2.18. The molecule has 0 amide bonds. The molecule has 0 unspecified atom stereocenters. The average molecular weight is 276 g/mol. The van der Waals surface area contributed by atoms with Crippen LogP contribution in [0.1, 0.15) is 45.4 Å². The van der Waals surface area contributed by atoms with Crippen molar-refractivity contribution < 1.29 is 8.42 Å². The van der Waals surface area contributed by atoms with Crippen molar-refractivity contribution in [3.63, 3.8) is 0 Å². The minimum Gasteiger partial charge on any atom is -0.320 e. The molecule has 4 nitrogen and oxygen atoms in total. The van der Waals surface area contributed by atoms with Crippen molar-refractivity contribution >= 4 is 10.0 Å². The summed E-state index contributed by atoms with van der Waals surface area (Å²) in [7, 11) is -1.22. The molecule has 0 aromatic rings. The molecule has 0 aliphatic heterocycles. The van der Waals surface area contributed by atoms with Gasteiger partial charge in [0.05, 0.1) is 5.75 Å². The third-order valence-corrected chi connectivity index (χ3v) is 5.32. The molecule has 108 valence electrons. The first kappa shape index (κ1) is 15.9. The van der Waals surface area contributed by atoms with Crippen LogP contribution in [0.4, 0.5) is 0 Å². The average Bonchev–Trinajstić information content (AvgIpc) is 2.32. The highest BCUT2D eigenvalue weighted by Crippen LogP contribution is 2.29. The maximum Gasteiger partial charge on any atom is 0.211 e. The highest BCUT2D eigenvalue weighted by atomic mass is 32.2. The van der Waals surface area contributed by atoms with Gasteiger partial charge in [-0.15, -0.1) is 0 Å². The van der Waals surface area contributed by atoms with E-state index in [1.54, 1.807) is 0 Å². The molecule has 0 aromatic heterocycles. The largest absolute Gasteiger partial charge is 0.320 e. The summed E-state index contributed by atoms with van der Waals surface area (Å²) in [6, 6.07) is 0. The van der Waals surface area contributed by atoms with E-state index in [4.69, 9.17) is 0 Å². The van der Waals surface area contributed by atoms with E-state index in [-0.39, 0.29) is 5.75 Å². The Bertz CT molecular complexity index is 309. The lowest BCUT2D eigenvalue weighted by Crippen LogP contribution is -2.30. The summed E-state index contributed by atoms with van der Waals surface area (Å²) in [5, 5.41) is 2.96. The molecule has 0 atom stereocenters. The zero-order valence-electron chi connectivity index (χ0n) is 11.7. The molecule has 1 saturated carbocycles. The first-order chi connectivity index (χ1) is 8.53. The first-order valence-electron chi connectivity index (χ1n) is 7.15. The second-order valence-electron chi connectivity index (χ2n) is 5.58. The molecule has 0 saturated heterocycles. The minimum absolute atomic E-state index is 0.232. The molecule has 0 bridgehead atoms. The molecule has 0 spiro atoms. The predicted molar refractivity (Wildman–Crippen MR) is 76.1 cm³/mol. The number of hydrogen-bond acceptors (Lipinski definition) is 3. The Balaban J connectivity index is 2.12. The van der Waals surface area contributed by atoms with Gasteiger partial charge in [-0.3, -0.25) is 0 Å². The van der Waals surface area contributed by atoms with Gasteiger partial charge in [0.25, 0.3) is 0 Å². The van der Waals surface area contributed by atoms with Gasteiger partial charge in [0.1, 0.15) is 0 Å². The van der Waals surface area contributed by atoms with Crippen molar-refractivity contribution in [2.45, 2.75) is 45.4 Å². The van der Waals surface area contributed by atoms with Crippen molar-refractivity contribution in [1.82, 2.24) is 10.0 Å². The quantitative estimate of drug-likeness (QED) is 0.664. The van der Waals surface area contributed by atoms with Crippen LogP contribution < -0.4 is 10.0 Å². The molecule has 1 aliphatic carbocycles. The van der Waals surface area contributed by atoms with Crippen molar-refractivity contribution in [2.75, 3.05) is 25.9 Å². The van der Waals surface area contributed by atoms with Gasteiger partial charge < -0.3 is 5.32 Å². The van der Waals surface area contributed by atoms with Gasteiger partial charge >= 0.3 is 0 Å². The van der Waals surface area contributed by atoms with E-state index in [0.29, 0.717) is 13.0 Å². The molecule has 2 N–H and O–H groups in total. The van der Waals surface area contributed by atoms with Crippen molar-refractivity contribution in [1.29, 1.82) is 0 Å². The summed E-state index contributed by atoms with van der Waals surface area (Å²) >= 11 is 0. The fourth-order valence-electron chi connectivity index (χ4n) is 2.55. The summed E-state index contributed by atoms with van der Waals surface area (Å²) in [5.74, 6) is 1.82. The van der Waals surface area contributed by atoms with Crippen LogP contribution in [0.5, 0.6) is 0 Å². The molecule has 1 rings (SSSR count). The maximum atomic E-state index is 11.7. The topological polar surface area (TPSA) is 58.2 Å². The normalized spacial score (nSPS) is 25.2. The number of sulfonamides is 1. The summed E-state index contributed by atoms with van der Waals surface area (Å²) in [5.41, 5.74) is 0. The van der Waals surface area contributed by atoms with E-state index in [9.17, 15) is 8.42 Å². The van der Waals surface area contributed by atoms with Gasteiger partial charge in [-0.05, 0) is 38.3 Å². The third kappa shape index (κ3) is 6.71. The molecule has 5 heteroatoms. The van der Waals surface area contributed by atoms with Crippen LogP contribution in [0.3, 0.4) is 0 Å². The summed E-state index contributed by atoms with van der Waals surface area (Å²) in [6.45, 7) is 3.67. The van der Waals surface area contributed by atoms with Crippen LogP contribution in [-0.4, -0.2) is 34.3 Å². The maximum absolute atomic E-state index is 11.7. The predicted octanol–water partition coefficient (Wildman–Crippen LogP) is 1.73. The van der Waals surface area contributed by atoms with Crippen LogP contribution in [0.15, 0.2) is 0 Å². The lowest BCUT2D eigenvalue weighted by molar-refractivity contribution is 0.278. The Morgan fingerprint density at radius 1 is 1.11 bits per heavy atom. The van der Waals surface area contributed by atoms with Gasteiger partial charge in [0.15, 0.2) is 0 Å². The third-order valence-electron chi connectivity index (χ3n) is 3.85. The molecule has 0 heterocycles. The number of nitrogens with one attached hydrogen (secondary N) is 2. The Morgan fingerprint density at radius 2 is 1.78 bits per heavy atom. The summed E-state index contributed by atoms with van der Waals surface area (Å²) in [4.78, 5) is 0. The minimum atomic E-state index is -3.06. The van der Waals surface area contributed by atoms with Crippen molar-refractivity contribution in [3.05, 3.63) is 0 Å². The second kappa shape index (κ2) is 8.12. The van der Waals surface area contributed by atoms with E-state index >= 15 is 0 Å². The van der Waals surface area contributed by atoms with Crippen LogP contribution in [0.25, 0.3) is 0 Å². The fraction of sp³-hybridized carbons (Fsp3) is 1.00. The van der Waals surface area contributed by atoms with Crippen molar-refractivity contribution in [2.24, 2.45) is 11.8 Å². The fourth-order valence-corrected chi connectivity index (χ4v) is 3.65. The Kier molecular flexibility index (Phi) is 7.19. The van der Waals surface area contributed by atoms with Crippen LogP contribution in [-0.2, 0) is 10.0 Å². The van der Waals surface area contributed by atoms with Gasteiger partial charge in [0, 0.05) is 6.54 Å². The highest BCUT2D eigenvalue weighted by molar-refractivity contribution is 7.89.